The highest BCUT2D eigenvalue weighted by Gasteiger charge is 2.20. The molecule has 0 aliphatic heterocycles. The molecule has 0 aromatic heterocycles. The van der Waals surface area contributed by atoms with Crippen molar-refractivity contribution in [1.29, 1.82) is 0 Å². The van der Waals surface area contributed by atoms with Crippen molar-refractivity contribution in [2.45, 2.75) is 66.2 Å². The van der Waals surface area contributed by atoms with Crippen molar-refractivity contribution in [2.24, 2.45) is 0 Å². The molecule has 0 bridgehead atoms. The molecule has 314 valence electrons. The lowest BCUT2D eigenvalue weighted by Crippen LogP contribution is -2.10. The maximum atomic E-state index is 2.42. The molecule has 0 saturated carbocycles. The molecular formula is C61H60N2. The monoisotopic (exact) mass is 820 g/mol. The highest BCUT2D eigenvalue weighted by molar-refractivity contribution is 6.22. The van der Waals surface area contributed by atoms with Gasteiger partial charge in [0.2, 0.25) is 0 Å². The maximum absolute atomic E-state index is 2.42. The summed E-state index contributed by atoms with van der Waals surface area (Å²) in [5, 5.41) is 5.06. The number of benzene rings is 9. The van der Waals surface area contributed by atoms with Crippen LogP contribution in [0, 0.1) is 13.8 Å². The van der Waals surface area contributed by atoms with E-state index in [1.54, 1.807) is 0 Å². The SMILES string of the molecule is CCCCc1cccc(N(C)c2ccc(C)cc2)c1.CCCCc1cccc(N(c2ccc(C)cc2)c2ccc3c(-c4ccccc4)c4ccccc4c(-c4ccccc4)c3c2)c1. The molecule has 0 fully saturated rings. The Morgan fingerprint density at radius 3 is 1.32 bits per heavy atom. The van der Waals surface area contributed by atoms with Crippen molar-refractivity contribution in [1.82, 2.24) is 0 Å². The molecule has 0 spiro atoms. The first-order chi connectivity index (χ1) is 30.9. The molecule has 9 aromatic carbocycles. The topological polar surface area (TPSA) is 6.48 Å². The number of nitrogens with zero attached hydrogens (tertiary/aromatic N) is 2. The molecule has 0 saturated heterocycles. The summed E-state index contributed by atoms with van der Waals surface area (Å²) in [6.07, 6.45) is 7.16. The van der Waals surface area contributed by atoms with Crippen LogP contribution < -0.4 is 9.80 Å². The summed E-state index contributed by atoms with van der Waals surface area (Å²) >= 11 is 0. The summed E-state index contributed by atoms with van der Waals surface area (Å²) in [5.41, 5.74) is 16.4. The lowest BCUT2D eigenvalue weighted by atomic mass is 9.85. The van der Waals surface area contributed by atoms with Gasteiger partial charge in [-0.3, -0.25) is 0 Å². The van der Waals surface area contributed by atoms with Gasteiger partial charge in [-0.15, -0.1) is 0 Å². The molecule has 0 aliphatic carbocycles. The molecule has 0 unspecified atom stereocenters. The second-order valence-electron chi connectivity index (χ2n) is 16.9. The van der Waals surface area contributed by atoms with Gasteiger partial charge in [0.15, 0.2) is 0 Å². The Hall–Kier alpha value is -6.90. The van der Waals surface area contributed by atoms with E-state index in [1.165, 1.54) is 115 Å². The maximum Gasteiger partial charge on any atom is 0.0468 e. The molecule has 2 heteroatoms. The molecular weight excluding hydrogens is 761 g/mol. The van der Waals surface area contributed by atoms with E-state index in [1.807, 2.05) is 0 Å². The Bertz CT molecular complexity index is 2880. The van der Waals surface area contributed by atoms with Gasteiger partial charge < -0.3 is 9.80 Å². The van der Waals surface area contributed by atoms with Gasteiger partial charge in [0.25, 0.3) is 0 Å². The fraction of sp³-hybridized carbons (Fsp3) is 0.180. The minimum atomic E-state index is 1.09. The fourth-order valence-electron chi connectivity index (χ4n) is 8.73. The zero-order valence-corrected chi connectivity index (χ0v) is 37.7. The summed E-state index contributed by atoms with van der Waals surface area (Å²) in [4.78, 5) is 4.66. The molecule has 0 N–H and O–H groups in total. The Balaban J connectivity index is 0.000000240. The molecule has 0 heterocycles. The number of rotatable bonds is 13. The molecule has 2 nitrogen and oxygen atoms in total. The smallest absolute Gasteiger partial charge is 0.0468 e. The van der Waals surface area contributed by atoms with Crippen LogP contribution in [0.15, 0.2) is 200 Å². The summed E-state index contributed by atoms with van der Waals surface area (Å²) < 4.78 is 0. The van der Waals surface area contributed by atoms with Crippen molar-refractivity contribution >= 4 is 50.0 Å². The van der Waals surface area contributed by atoms with Gasteiger partial charge in [0.1, 0.15) is 0 Å². The fourth-order valence-corrected chi connectivity index (χ4v) is 8.73. The van der Waals surface area contributed by atoms with Gasteiger partial charge in [-0.25, -0.2) is 0 Å². The lowest BCUT2D eigenvalue weighted by molar-refractivity contribution is 0.795. The Morgan fingerprint density at radius 2 is 0.778 bits per heavy atom. The van der Waals surface area contributed by atoms with E-state index in [-0.39, 0.29) is 0 Å². The first kappa shape index (κ1) is 42.8. The largest absolute Gasteiger partial charge is 0.345 e. The summed E-state index contributed by atoms with van der Waals surface area (Å²) in [7, 11) is 2.13. The second kappa shape index (κ2) is 20.3. The zero-order chi connectivity index (χ0) is 43.5. The summed E-state index contributed by atoms with van der Waals surface area (Å²) in [5.74, 6) is 0. The van der Waals surface area contributed by atoms with Gasteiger partial charge >= 0.3 is 0 Å². The Kier molecular flexibility index (Phi) is 13.8. The van der Waals surface area contributed by atoms with Crippen molar-refractivity contribution < 1.29 is 0 Å². The van der Waals surface area contributed by atoms with Crippen LogP contribution in [0.5, 0.6) is 0 Å². The van der Waals surface area contributed by atoms with Crippen LogP contribution in [-0.2, 0) is 12.8 Å². The van der Waals surface area contributed by atoms with Gasteiger partial charge in [-0.2, -0.15) is 0 Å². The predicted octanol–water partition coefficient (Wildman–Crippen LogP) is 17.6. The Labute approximate surface area is 376 Å². The third-order valence-corrected chi connectivity index (χ3v) is 12.2. The van der Waals surface area contributed by atoms with Crippen LogP contribution in [0.3, 0.4) is 0 Å². The van der Waals surface area contributed by atoms with Crippen molar-refractivity contribution in [3.05, 3.63) is 222 Å². The number of hydrogen-bond acceptors (Lipinski definition) is 2. The molecule has 0 amide bonds. The first-order valence-corrected chi connectivity index (χ1v) is 22.9. The summed E-state index contributed by atoms with van der Waals surface area (Å²) in [6, 6.07) is 73.2. The van der Waals surface area contributed by atoms with E-state index in [0.29, 0.717) is 0 Å². The van der Waals surface area contributed by atoms with Crippen molar-refractivity contribution in [2.75, 3.05) is 16.8 Å². The third kappa shape index (κ3) is 9.93. The van der Waals surface area contributed by atoms with Crippen LogP contribution in [0.25, 0.3) is 43.8 Å². The average molecular weight is 821 g/mol. The van der Waals surface area contributed by atoms with Gasteiger partial charge in [-0.05, 0) is 155 Å². The standard InChI is InChI=1S/C43H37N.C18H23N/c1-3-4-14-32-15-13-20-36(29-32)44(35-25-23-31(2)24-26-35)37-27-28-40-41(30-37)43(34-18-9-6-10-19-34)39-22-12-11-21-38(39)42(40)33-16-7-5-8-17-33;1-4-5-7-16-8-6-9-18(14-16)19(3)17-12-10-15(2)11-13-17/h5-13,15-30H,3-4,14H2,1-2H3;6,8-14H,4-5,7H2,1-3H3. The zero-order valence-electron chi connectivity index (χ0n) is 37.7. The number of unbranched alkanes of at least 4 members (excludes halogenated alkanes) is 2. The molecule has 0 radical (unpaired) electrons. The van der Waals surface area contributed by atoms with Crippen LogP contribution >= 0.6 is 0 Å². The number of hydrogen-bond donors (Lipinski definition) is 0. The van der Waals surface area contributed by atoms with Crippen molar-refractivity contribution in [3.8, 4) is 22.3 Å². The van der Waals surface area contributed by atoms with E-state index in [2.05, 4.69) is 245 Å². The van der Waals surface area contributed by atoms with Gasteiger partial charge in [0.05, 0.1) is 0 Å². The van der Waals surface area contributed by atoms with Crippen LogP contribution in [-0.4, -0.2) is 7.05 Å². The lowest BCUT2D eigenvalue weighted by Gasteiger charge is -2.27. The quantitative estimate of drug-likeness (QED) is 0.107. The average Bonchev–Trinajstić information content (AvgIpc) is 3.33. The number of anilines is 5. The molecule has 0 atom stereocenters. The molecule has 9 rings (SSSR count). The first-order valence-electron chi connectivity index (χ1n) is 22.9. The number of aryl methyl sites for hydroxylation is 4. The van der Waals surface area contributed by atoms with E-state index in [0.717, 1.165) is 17.8 Å². The van der Waals surface area contributed by atoms with Crippen LogP contribution in [0.1, 0.15) is 61.8 Å². The molecule has 0 aliphatic rings. The van der Waals surface area contributed by atoms with E-state index in [9.17, 15) is 0 Å². The molecule has 63 heavy (non-hydrogen) atoms. The molecule has 9 aromatic rings. The van der Waals surface area contributed by atoms with Crippen LogP contribution in [0.2, 0.25) is 0 Å². The van der Waals surface area contributed by atoms with Crippen molar-refractivity contribution in [3.63, 3.8) is 0 Å². The second-order valence-corrected chi connectivity index (χ2v) is 16.9. The van der Waals surface area contributed by atoms with E-state index >= 15 is 0 Å². The highest BCUT2D eigenvalue weighted by atomic mass is 15.1. The summed E-state index contributed by atoms with van der Waals surface area (Å²) in [6.45, 7) is 8.77. The minimum absolute atomic E-state index is 1.09. The third-order valence-electron chi connectivity index (χ3n) is 12.2. The van der Waals surface area contributed by atoms with Crippen LogP contribution in [0.4, 0.5) is 28.4 Å². The predicted molar refractivity (Wildman–Crippen MR) is 275 cm³/mol. The van der Waals surface area contributed by atoms with E-state index in [4.69, 9.17) is 0 Å². The van der Waals surface area contributed by atoms with Gasteiger partial charge in [-0.1, -0.05) is 177 Å². The highest BCUT2D eigenvalue weighted by Crippen LogP contribution is 2.46. The normalized spacial score (nSPS) is 11.0. The number of fused-ring (bicyclic) bond motifs is 2. The Morgan fingerprint density at radius 1 is 0.349 bits per heavy atom. The van der Waals surface area contributed by atoms with E-state index < -0.39 is 0 Å². The van der Waals surface area contributed by atoms with Gasteiger partial charge in [0, 0.05) is 35.5 Å². The minimum Gasteiger partial charge on any atom is -0.345 e.